The van der Waals surface area contributed by atoms with E-state index in [2.05, 4.69) is 5.32 Å². The number of hydrogen-bond acceptors (Lipinski definition) is 4. The van der Waals surface area contributed by atoms with Crippen LogP contribution in [0.3, 0.4) is 0 Å². The Labute approximate surface area is 122 Å². The van der Waals surface area contributed by atoms with Crippen LogP contribution >= 0.6 is 0 Å². The van der Waals surface area contributed by atoms with E-state index >= 15 is 0 Å². The number of ketones is 1. The van der Waals surface area contributed by atoms with Crippen LogP contribution in [0.25, 0.3) is 0 Å². The van der Waals surface area contributed by atoms with Gasteiger partial charge in [-0.25, -0.2) is 0 Å². The lowest BCUT2D eigenvalue weighted by Gasteiger charge is -2.23. The minimum Gasteiger partial charge on any atom is -0.352 e. The predicted molar refractivity (Wildman–Crippen MR) is 76.9 cm³/mol. The largest absolute Gasteiger partial charge is 0.352 e. The number of nitrogens with zero attached hydrogens (tertiary/aromatic N) is 2. The summed E-state index contributed by atoms with van der Waals surface area (Å²) in [7, 11) is 1.76. The zero-order valence-corrected chi connectivity index (χ0v) is 11.8. The molecule has 1 saturated carbocycles. The lowest BCUT2D eigenvalue weighted by Crippen LogP contribution is -2.43. The maximum Gasteiger partial charge on any atom is 0.300 e. The smallest absolute Gasteiger partial charge is 0.300 e. The molecule has 1 aromatic carbocycles. The van der Waals surface area contributed by atoms with Gasteiger partial charge in [-0.3, -0.25) is 24.2 Å². The van der Waals surface area contributed by atoms with Gasteiger partial charge in [0, 0.05) is 6.04 Å². The van der Waals surface area contributed by atoms with Gasteiger partial charge in [0.15, 0.2) is 0 Å². The molecule has 1 N–H and O–H groups in total. The van der Waals surface area contributed by atoms with Gasteiger partial charge in [-0.2, -0.15) is 0 Å². The summed E-state index contributed by atoms with van der Waals surface area (Å²) >= 11 is 0. The van der Waals surface area contributed by atoms with E-state index < -0.39 is 11.7 Å². The van der Waals surface area contributed by atoms with Crippen molar-refractivity contribution in [3.8, 4) is 0 Å². The van der Waals surface area contributed by atoms with E-state index in [0.29, 0.717) is 17.3 Å². The Kier molecular flexibility index (Phi) is 3.47. The van der Waals surface area contributed by atoms with Crippen molar-refractivity contribution in [2.75, 3.05) is 25.2 Å². The molecule has 3 rings (SSSR count). The van der Waals surface area contributed by atoms with Gasteiger partial charge in [-0.15, -0.1) is 0 Å². The Bertz CT molecular complexity index is 610. The first-order valence-corrected chi connectivity index (χ1v) is 6.99. The van der Waals surface area contributed by atoms with Crippen molar-refractivity contribution in [2.24, 2.45) is 0 Å². The minimum absolute atomic E-state index is 0.0498. The molecule has 1 heterocycles. The summed E-state index contributed by atoms with van der Waals surface area (Å²) in [6, 6.07) is 7.24. The van der Waals surface area contributed by atoms with Gasteiger partial charge in [0.1, 0.15) is 0 Å². The second kappa shape index (κ2) is 5.29. The summed E-state index contributed by atoms with van der Waals surface area (Å²) in [5, 5.41) is 2.90. The molecule has 0 unspecified atom stereocenters. The monoisotopic (exact) mass is 287 g/mol. The SMILES string of the molecule is CN(CC(=O)NC1CC1)CN1C(=O)C(=O)c2ccccc21. The van der Waals surface area contributed by atoms with E-state index in [4.69, 9.17) is 0 Å². The van der Waals surface area contributed by atoms with Crippen LogP contribution in [0.1, 0.15) is 23.2 Å². The third-order valence-electron chi connectivity index (χ3n) is 3.62. The van der Waals surface area contributed by atoms with E-state index in [9.17, 15) is 14.4 Å². The van der Waals surface area contributed by atoms with Crippen molar-refractivity contribution in [3.05, 3.63) is 29.8 Å². The second-order valence-electron chi connectivity index (χ2n) is 5.58. The molecule has 0 atom stereocenters. The number of carbonyl (C=O) groups is 3. The first kappa shape index (κ1) is 13.8. The molecule has 0 spiro atoms. The van der Waals surface area contributed by atoms with Crippen LogP contribution in [-0.4, -0.2) is 48.8 Å². The zero-order valence-electron chi connectivity index (χ0n) is 11.8. The molecule has 0 saturated heterocycles. The number of nitrogens with one attached hydrogen (secondary N) is 1. The lowest BCUT2D eigenvalue weighted by molar-refractivity contribution is -0.122. The van der Waals surface area contributed by atoms with Crippen LogP contribution in [-0.2, 0) is 9.59 Å². The summed E-state index contributed by atoms with van der Waals surface area (Å²) in [6.07, 6.45) is 2.09. The lowest BCUT2D eigenvalue weighted by atomic mass is 10.1. The molecule has 1 fully saturated rings. The molecule has 1 aromatic rings. The van der Waals surface area contributed by atoms with Crippen molar-refractivity contribution >= 4 is 23.3 Å². The Morgan fingerprint density at radius 1 is 1.33 bits per heavy atom. The molecule has 0 aromatic heterocycles. The topological polar surface area (TPSA) is 69.7 Å². The fourth-order valence-corrected chi connectivity index (χ4v) is 2.43. The van der Waals surface area contributed by atoms with Gasteiger partial charge in [-0.1, -0.05) is 12.1 Å². The normalized spacial score (nSPS) is 17.3. The van der Waals surface area contributed by atoms with Crippen molar-refractivity contribution in [1.82, 2.24) is 10.2 Å². The number of carbonyl (C=O) groups excluding carboxylic acids is 3. The second-order valence-corrected chi connectivity index (χ2v) is 5.58. The molecule has 1 aliphatic heterocycles. The highest BCUT2D eigenvalue weighted by Crippen LogP contribution is 2.28. The fourth-order valence-electron chi connectivity index (χ4n) is 2.43. The van der Waals surface area contributed by atoms with Crippen LogP contribution in [0.15, 0.2) is 24.3 Å². The van der Waals surface area contributed by atoms with E-state index in [1.165, 1.54) is 4.90 Å². The van der Waals surface area contributed by atoms with Crippen LogP contribution in [0.4, 0.5) is 5.69 Å². The van der Waals surface area contributed by atoms with Gasteiger partial charge in [0.05, 0.1) is 24.5 Å². The molecule has 110 valence electrons. The fraction of sp³-hybridized carbons (Fsp3) is 0.400. The summed E-state index contributed by atoms with van der Waals surface area (Å²) in [5.41, 5.74) is 1.04. The quantitative estimate of drug-likeness (QED) is 0.795. The van der Waals surface area contributed by atoms with Crippen molar-refractivity contribution in [3.63, 3.8) is 0 Å². The van der Waals surface area contributed by atoms with E-state index in [0.717, 1.165) is 12.8 Å². The van der Waals surface area contributed by atoms with E-state index in [1.54, 1.807) is 36.2 Å². The third-order valence-corrected chi connectivity index (χ3v) is 3.62. The average molecular weight is 287 g/mol. The maximum atomic E-state index is 12.0. The van der Waals surface area contributed by atoms with E-state index in [-0.39, 0.29) is 19.1 Å². The predicted octanol–water partition coefficient (Wildman–Crippen LogP) is 0.384. The zero-order chi connectivity index (χ0) is 15.0. The first-order valence-electron chi connectivity index (χ1n) is 6.99. The number of rotatable bonds is 5. The molecule has 0 radical (unpaired) electrons. The molecule has 6 nitrogen and oxygen atoms in total. The standard InChI is InChI=1S/C15H17N3O3/c1-17(8-13(19)16-10-6-7-10)9-18-12-5-3-2-4-11(12)14(20)15(18)21/h2-5,10H,6-9H2,1H3,(H,16,19). The summed E-state index contributed by atoms with van der Waals surface area (Å²) in [6.45, 7) is 0.427. The molecule has 21 heavy (non-hydrogen) atoms. The highest BCUT2D eigenvalue weighted by atomic mass is 16.2. The molecule has 2 amide bonds. The third kappa shape index (κ3) is 2.80. The molecular formula is C15H17N3O3. The van der Waals surface area contributed by atoms with Gasteiger partial charge in [0.2, 0.25) is 5.91 Å². The number of amides is 2. The van der Waals surface area contributed by atoms with Crippen molar-refractivity contribution in [2.45, 2.75) is 18.9 Å². The number of anilines is 1. The molecule has 6 heteroatoms. The Hall–Kier alpha value is -2.21. The highest BCUT2D eigenvalue weighted by molar-refractivity contribution is 6.52. The molecular weight excluding hydrogens is 270 g/mol. The highest BCUT2D eigenvalue weighted by Gasteiger charge is 2.36. The average Bonchev–Trinajstić information content (AvgIpc) is 3.23. The van der Waals surface area contributed by atoms with Crippen molar-refractivity contribution in [1.29, 1.82) is 0 Å². The number of fused-ring (bicyclic) bond motifs is 1. The minimum atomic E-state index is -0.536. The van der Waals surface area contributed by atoms with Gasteiger partial charge in [-0.05, 0) is 32.0 Å². The maximum absolute atomic E-state index is 12.0. The number of benzene rings is 1. The summed E-state index contributed by atoms with van der Waals surface area (Å²) < 4.78 is 0. The Morgan fingerprint density at radius 2 is 2.05 bits per heavy atom. The number of Topliss-reactive ketones (excluding diaryl/α,β-unsaturated/α-hetero) is 1. The van der Waals surface area contributed by atoms with Gasteiger partial charge < -0.3 is 5.32 Å². The van der Waals surface area contributed by atoms with Crippen molar-refractivity contribution < 1.29 is 14.4 Å². The van der Waals surface area contributed by atoms with Crippen LogP contribution in [0.2, 0.25) is 0 Å². The molecule has 1 aliphatic carbocycles. The Balaban J connectivity index is 1.65. The summed E-state index contributed by atoms with van der Waals surface area (Å²) in [5.74, 6) is -1.07. The van der Waals surface area contributed by atoms with Crippen LogP contribution in [0, 0.1) is 0 Å². The molecule has 0 bridgehead atoms. The number of likely N-dealkylation sites (N-methyl/N-ethyl adjacent to an activating group) is 1. The van der Waals surface area contributed by atoms with Gasteiger partial charge in [0.25, 0.3) is 5.78 Å². The number of hydrogen-bond donors (Lipinski definition) is 1. The summed E-state index contributed by atoms with van der Waals surface area (Å²) in [4.78, 5) is 38.8. The molecule has 2 aliphatic rings. The number of para-hydroxylation sites is 1. The van der Waals surface area contributed by atoms with Crippen LogP contribution in [0.5, 0.6) is 0 Å². The Morgan fingerprint density at radius 3 is 2.76 bits per heavy atom. The van der Waals surface area contributed by atoms with Gasteiger partial charge >= 0.3 is 5.91 Å². The van der Waals surface area contributed by atoms with E-state index in [1.807, 2.05) is 0 Å². The van der Waals surface area contributed by atoms with Crippen LogP contribution < -0.4 is 10.2 Å². The first-order chi connectivity index (χ1) is 10.1.